The first-order valence-electron chi connectivity index (χ1n) is 10.3. The van der Waals surface area contributed by atoms with Gasteiger partial charge in [0.25, 0.3) is 0 Å². The number of nitrogens with one attached hydrogen (secondary N) is 2. The molecule has 0 spiro atoms. The Morgan fingerprint density at radius 3 is 2.45 bits per heavy atom. The number of ketones is 1. The molecule has 0 unspecified atom stereocenters. The number of amides is 2. The fourth-order valence-corrected chi connectivity index (χ4v) is 3.80. The van der Waals surface area contributed by atoms with E-state index < -0.39 is 6.03 Å². The maximum Gasteiger partial charge on any atom is 0.323 e. The number of fused-ring (bicyclic) bond motifs is 1. The Kier molecular flexibility index (Phi) is 6.02. The van der Waals surface area contributed by atoms with Gasteiger partial charge in [-0.25, -0.2) is 14.8 Å². The number of carbonyl (C=O) groups is 2. The van der Waals surface area contributed by atoms with Crippen LogP contribution in [-0.2, 0) is 0 Å². The molecule has 2 aromatic heterocycles. The van der Waals surface area contributed by atoms with E-state index in [9.17, 15) is 9.59 Å². The van der Waals surface area contributed by atoms with E-state index in [0.717, 1.165) is 5.56 Å². The molecule has 0 fully saturated rings. The van der Waals surface area contributed by atoms with Gasteiger partial charge in [0.2, 0.25) is 0 Å². The van der Waals surface area contributed by atoms with Crippen LogP contribution in [0.15, 0.2) is 55.0 Å². The Morgan fingerprint density at radius 1 is 1.03 bits per heavy atom. The van der Waals surface area contributed by atoms with Gasteiger partial charge in [-0.05, 0) is 45.0 Å². The second-order valence-corrected chi connectivity index (χ2v) is 8.32. The van der Waals surface area contributed by atoms with Crippen molar-refractivity contribution in [1.29, 1.82) is 0 Å². The highest BCUT2D eigenvalue weighted by Crippen LogP contribution is 2.32. The van der Waals surface area contributed by atoms with Crippen LogP contribution in [0, 0.1) is 6.92 Å². The summed E-state index contributed by atoms with van der Waals surface area (Å²) in [6.07, 6.45) is 3.08. The Balaban J connectivity index is 1.66. The molecule has 2 amide bonds. The predicted molar refractivity (Wildman–Crippen MR) is 131 cm³/mol. The molecule has 4 aromatic rings. The van der Waals surface area contributed by atoms with E-state index >= 15 is 0 Å². The van der Waals surface area contributed by atoms with E-state index in [1.165, 1.54) is 6.33 Å². The van der Waals surface area contributed by atoms with Crippen LogP contribution >= 0.6 is 11.6 Å². The molecule has 0 saturated heterocycles. The third-order valence-electron chi connectivity index (χ3n) is 5.24. The van der Waals surface area contributed by atoms with Crippen LogP contribution in [0.3, 0.4) is 0 Å². The molecule has 9 heteroatoms. The average Bonchev–Trinajstić information content (AvgIpc) is 3.18. The number of benzene rings is 2. The van der Waals surface area contributed by atoms with Crippen LogP contribution in [0.1, 0.15) is 41.4 Å². The van der Waals surface area contributed by atoms with Crippen molar-refractivity contribution >= 4 is 51.6 Å². The van der Waals surface area contributed by atoms with Crippen molar-refractivity contribution in [3.8, 4) is 0 Å². The number of nitrogens with two attached hydrogens (primary N) is 1. The van der Waals surface area contributed by atoms with Crippen molar-refractivity contribution in [2.75, 3.05) is 16.4 Å². The van der Waals surface area contributed by atoms with Gasteiger partial charge in [0, 0.05) is 23.5 Å². The SMILES string of the molecule is Cc1ccc(NC(=O)Nc2cccc(C(=O)c3cn(C(C)C)c4ncnc(N)c34)c2Cl)cc1. The number of hydrogen-bond acceptors (Lipinski definition) is 5. The number of halogens is 1. The summed E-state index contributed by atoms with van der Waals surface area (Å²) in [6.45, 7) is 5.93. The summed E-state index contributed by atoms with van der Waals surface area (Å²) < 4.78 is 1.87. The minimum Gasteiger partial charge on any atom is -0.383 e. The molecule has 2 aromatic carbocycles. The number of aromatic nitrogens is 3. The number of urea groups is 1. The molecule has 4 rings (SSSR count). The Bertz CT molecular complexity index is 1360. The second-order valence-electron chi connectivity index (χ2n) is 7.94. The molecule has 168 valence electrons. The zero-order chi connectivity index (χ0) is 23.7. The lowest BCUT2D eigenvalue weighted by atomic mass is 10.0. The number of carbonyl (C=O) groups excluding carboxylic acids is 2. The molecule has 0 atom stereocenters. The van der Waals surface area contributed by atoms with E-state index in [4.69, 9.17) is 17.3 Å². The average molecular weight is 463 g/mol. The highest BCUT2D eigenvalue weighted by Gasteiger charge is 2.24. The normalized spacial score (nSPS) is 11.1. The predicted octanol–water partition coefficient (Wildman–Crippen LogP) is 5.43. The van der Waals surface area contributed by atoms with E-state index in [0.29, 0.717) is 28.0 Å². The molecule has 0 bridgehead atoms. The quantitative estimate of drug-likeness (QED) is 0.342. The van der Waals surface area contributed by atoms with Crippen molar-refractivity contribution in [1.82, 2.24) is 14.5 Å². The Hall–Kier alpha value is -3.91. The van der Waals surface area contributed by atoms with Gasteiger partial charge in [-0.15, -0.1) is 0 Å². The number of anilines is 3. The fourth-order valence-electron chi connectivity index (χ4n) is 3.54. The van der Waals surface area contributed by atoms with Crippen molar-refractivity contribution in [3.63, 3.8) is 0 Å². The number of rotatable bonds is 5. The Morgan fingerprint density at radius 2 is 1.76 bits per heavy atom. The van der Waals surface area contributed by atoms with Gasteiger partial charge in [-0.1, -0.05) is 35.4 Å². The fraction of sp³-hybridized carbons (Fsp3) is 0.167. The molecular formula is C24H23ClN6O2. The Labute approximate surface area is 195 Å². The van der Waals surface area contributed by atoms with Crippen molar-refractivity contribution in [2.45, 2.75) is 26.8 Å². The van der Waals surface area contributed by atoms with Gasteiger partial charge >= 0.3 is 6.03 Å². The lowest BCUT2D eigenvalue weighted by molar-refractivity contribution is 0.104. The zero-order valence-corrected chi connectivity index (χ0v) is 19.1. The van der Waals surface area contributed by atoms with Crippen molar-refractivity contribution in [3.05, 3.63) is 76.7 Å². The van der Waals surface area contributed by atoms with Gasteiger partial charge < -0.3 is 20.9 Å². The minimum atomic E-state index is -0.473. The maximum absolute atomic E-state index is 13.5. The number of nitrogen functional groups attached to an aromatic ring is 1. The van der Waals surface area contributed by atoms with E-state index in [-0.39, 0.29) is 28.2 Å². The number of hydrogen-bond donors (Lipinski definition) is 3. The second kappa shape index (κ2) is 8.91. The summed E-state index contributed by atoms with van der Waals surface area (Å²) in [5.41, 5.74) is 9.27. The van der Waals surface area contributed by atoms with Crippen LogP contribution in [0.25, 0.3) is 11.0 Å². The standard InChI is InChI=1S/C24H23ClN6O2/c1-13(2)31-11-17(19-22(26)27-12-28-23(19)31)21(32)16-5-4-6-18(20(16)25)30-24(33)29-15-9-7-14(3)8-10-15/h4-13H,1-3H3,(H2,26,27,28)(H2,29,30,33). The van der Waals surface area contributed by atoms with Crippen LogP contribution in [0.2, 0.25) is 5.02 Å². The highest BCUT2D eigenvalue weighted by atomic mass is 35.5. The lowest BCUT2D eigenvalue weighted by Gasteiger charge is -2.12. The van der Waals surface area contributed by atoms with Gasteiger partial charge in [0.05, 0.1) is 21.7 Å². The van der Waals surface area contributed by atoms with Crippen LogP contribution < -0.4 is 16.4 Å². The third-order valence-corrected chi connectivity index (χ3v) is 5.65. The van der Waals surface area contributed by atoms with Gasteiger partial charge in [-0.2, -0.15) is 0 Å². The summed E-state index contributed by atoms with van der Waals surface area (Å²) in [7, 11) is 0. The van der Waals surface area contributed by atoms with Crippen LogP contribution in [0.4, 0.5) is 22.0 Å². The summed E-state index contributed by atoms with van der Waals surface area (Å²) >= 11 is 6.55. The molecule has 8 nitrogen and oxygen atoms in total. The lowest BCUT2D eigenvalue weighted by Crippen LogP contribution is -2.20. The highest BCUT2D eigenvalue weighted by molar-refractivity contribution is 6.38. The molecule has 0 saturated carbocycles. The van der Waals surface area contributed by atoms with Gasteiger partial charge in [0.1, 0.15) is 17.8 Å². The molecule has 2 heterocycles. The molecule has 0 aliphatic heterocycles. The van der Waals surface area contributed by atoms with Crippen molar-refractivity contribution in [2.24, 2.45) is 0 Å². The van der Waals surface area contributed by atoms with Gasteiger partial charge in [-0.3, -0.25) is 4.79 Å². The summed E-state index contributed by atoms with van der Waals surface area (Å²) in [6, 6.07) is 11.9. The molecule has 0 aliphatic rings. The molecular weight excluding hydrogens is 440 g/mol. The van der Waals surface area contributed by atoms with Crippen LogP contribution in [-0.4, -0.2) is 26.3 Å². The van der Waals surface area contributed by atoms with Gasteiger partial charge in [0.15, 0.2) is 5.78 Å². The summed E-state index contributed by atoms with van der Waals surface area (Å²) in [4.78, 5) is 34.3. The van der Waals surface area contributed by atoms with Crippen molar-refractivity contribution < 1.29 is 9.59 Å². The number of aryl methyl sites for hydroxylation is 1. The molecule has 33 heavy (non-hydrogen) atoms. The molecule has 4 N–H and O–H groups in total. The van der Waals surface area contributed by atoms with Crippen LogP contribution in [0.5, 0.6) is 0 Å². The summed E-state index contributed by atoms with van der Waals surface area (Å²) in [5.74, 6) is -0.126. The third kappa shape index (κ3) is 4.38. The zero-order valence-electron chi connectivity index (χ0n) is 18.4. The summed E-state index contributed by atoms with van der Waals surface area (Å²) in [5, 5.41) is 6.05. The maximum atomic E-state index is 13.5. The molecule has 0 aliphatic carbocycles. The largest absolute Gasteiger partial charge is 0.383 e. The minimum absolute atomic E-state index is 0.0530. The smallest absolute Gasteiger partial charge is 0.323 e. The molecule has 0 radical (unpaired) electrons. The first-order chi connectivity index (χ1) is 15.8. The first-order valence-corrected chi connectivity index (χ1v) is 10.7. The van der Waals surface area contributed by atoms with E-state index in [1.807, 2.05) is 37.5 Å². The monoisotopic (exact) mass is 462 g/mol. The first kappa shape index (κ1) is 22.3. The van der Waals surface area contributed by atoms with E-state index in [2.05, 4.69) is 20.6 Å². The topological polar surface area (TPSA) is 115 Å². The number of nitrogens with zero attached hydrogens (tertiary/aromatic N) is 3. The van der Waals surface area contributed by atoms with E-state index in [1.54, 1.807) is 36.5 Å².